The first-order chi connectivity index (χ1) is 13.6. The van der Waals surface area contributed by atoms with E-state index < -0.39 is 0 Å². The number of aromatic nitrogens is 1. The number of ether oxygens (including phenoxy) is 1. The van der Waals surface area contributed by atoms with Crippen LogP contribution in [0.5, 0.6) is 5.75 Å². The van der Waals surface area contributed by atoms with Crippen molar-refractivity contribution >= 4 is 32.6 Å². The Kier molecular flexibility index (Phi) is 4.88. The van der Waals surface area contributed by atoms with Crippen molar-refractivity contribution in [3.63, 3.8) is 0 Å². The van der Waals surface area contributed by atoms with E-state index in [9.17, 15) is 4.79 Å². The van der Waals surface area contributed by atoms with Crippen molar-refractivity contribution in [3.05, 3.63) is 77.2 Å². The SMILES string of the molecule is COc1ccc(C)c2sc(N(Cc3ccco3)C(=O)c3cccc(C)c3)nc12. The van der Waals surface area contributed by atoms with E-state index >= 15 is 0 Å². The van der Waals surface area contributed by atoms with Crippen molar-refractivity contribution in [3.8, 4) is 5.75 Å². The van der Waals surface area contributed by atoms with Crippen LogP contribution in [0, 0.1) is 13.8 Å². The van der Waals surface area contributed by atoms with Crippen LogP contribution in [0.4, 0.5) is 5.13 Å². The van der Waals surface area contributed by atoms with Gasteiger partial charge in [-0.3, -0.25) is 9.69 Å². The van der Waals surface area contributed by atoms with Gasteiger partial charge in [0.05, 0.1) is 24.6 Å². The summed E-state index contributed by atoms with van der Waals surface area (Å²) in [4.78, 5) is 19.8. The minimum Gasteiger partial charge on any atom is -0.494 e. The maximum Gasteiger partial charge on any atom is 0.260 e. The van der Waals surface area contributed by atoms with Crippen LogP contribution in [0.25, 0.3) is 10.2 Å². The van der Waals surface area contributed by atoms with Crippen molar-refractivity contribution in [1.29, 1.82) is 0 Å². The van der Waals surface area contributed by atoms with Gasteiger partial charge >= 0.3 is 0 Å². The fraction of sp³-hybridized carbons (Fsp3) is 0.182. The second-order valence-corrected chi connectivity index (χ2v) is 7.58. The number of carbonyl (C=O) groups is 1. The number of fused-ring (bicyclic) bond motifs is 1. The number of thiazole rings is 1. The predicted octanol–water partition coefficient (Wildman–Crippen LogP) is 5.36. The normalized spacial score (nSPS) is 11.0. The monoisotopic (exact) mass is 392 g/mol. The quantitative estimate of drug-likeness (QED) is 0.459. The molecule has 5 nitrogen and oxygen atoms in total. The van der Waals surface area contributed by atoms with Crippen LogP contribution in [-0.4, -0.2) is 18.0 Å². The first kappa shape index (κ1) is 18.3. The molecule has 0 atom stereocenters. The molecular weight excluding hydrogens is 372 g/mol. The van der Waals surface area contributed by atoms with Crippen molar-refractivity contribution < 1.29 is 13.9 Å². The van der Waals surface area contributed by atoms with Crippen LogP contribution in [0.3, 0.4) is 0 Å². The summed E-state index contributed by atoms with van der Waals surface area (Å²) in [5, 5.41) is 0.616. The molecule has 0 aliphatic heterocycles. The molecule has 0 radical (unpaired) electrons. The maximum atomic E-state index is 13.4. The van der Waals surface area contributed by atoms with Crippen LogP contribution < -0.4 is 9.64 Å². The molecular formula is C22H20N2O3S. The third-order valence-corrected chi connectivity index (χ3v) is 5.76. The lowest BCUT2D eigenvalue weighted by Crippen LogP contribution is -2.30. The molecule has 0 aliphatic carbocycles. The van der Waals surface area contributed by atoms with Crippen LogP contribution in [0.2, 0.25) is 0 Å². The van der Waals surface area contributed by atoms with Gasteiger partial charge in [0.15, 0.2) is 5.13 Å². The summed E-state index contributed by atoms with van der Waals surface area (Å²) in [7, 11) is 1.63. The fourth-order valence-corrected chi connectivity index (χ4v) is 4.15. The summed E-state index contributed by atoms with van der Waals surface area (Å²) in [5.41, 5.74) is 3.52. The Labute approximate surface area is 167 Å². The number of hydrogen-bond acceptors (Lipinski definition) is 5. The Morgan fingerprint density at radius 1 is 1.18 bits per heavy atom. The summed E-state index contributed by atoms with van der Waals surface area (Å²) in [6.07, 6.45) is 1.61. The van der Waals surface area contributed by atoms with Crippen LogP contribution in [-0.2, 0) is 6.54 Å². The molecule has 1 amide bonds. The van der Waals surface area contributed by atoms with Crippen LogP contribution >= 0.6 is 11.3 Å². The molecule has 4 aromatic rings. The molecule has 0 N–H and O–H groups in total. The number of amides is 1. The summed E-state index contributed by atoms with van der Waals surface area (Å²) in [6.45, 7) is 4.31. The number of aryl methyl sites for hydroxylation is 2. The second kappa shape index (κ2) is 7.48. The van der Waals surface area contributed by atoms with Gasteiger partial charge in [-0.2, -0.15) is 0 Å². The molecule has 0 saturated carbocycles. The lowest BCUT2D eigenvalue weighted by molar-refractivity contribution is 0.0983. The largest absolute Gasteiger partial charge is 0.494 e. The minimum absolute atomic E-state index is 0.115. The number of methoxy groups -OCH3 is 1. The van der Waals surface area contributed by atoms with Gasteiger partial charge in [-0.1, -0.05) is 35.1 Å². The van der Waals surface area contributed by atoms with E-state index in [1.54, 1.807) is 18.3 Å². The van der Waals surface area contributed by atoms with Gasteiger partial charge in [0.2, 0.25) is 0 Å². The van der Waals surface area contributed by atoms with E-state index in [4.69, 9.17) is 14.1 Å². The molecule has 28 heavy (non-hydrogen) atoms. The molecule has 0 aliphatic rings. The summed E-state index contributed by atoms with van der Waals surface area (Å²) < 4.78 is 12.0. The average molecular weight is 392 g/mol. The first-order valence-corrected chi connectivity index (χ1v) is 9.73. The van der Waals surface area contributed by atoms with Gasteiger partial charge < -0.3 is 9.15 Å². The van der Waals surface area contributed by atoms with Gasteiger partial charge in [-0.25, -0.2) is 4.98 Å². The zero-order valence-electron chi connectivity index (χ0n) is 15.9. The first-order valence-electron chi connectivity index (χ1n) is 8.92. The number of carbonyl (C=O) groups excluding carboxylic acids is 1. The Bertz CT molecular complexity index is 1130. The van der Waals surface area contributed by atoms with E-state index in [-0.39, 0.29) is 5.91 Å². The highest BCUT2D eigenvalue weighted by molar-refractivity contribution is 7.22. The van der Waals surface area contributed by atoms with Crippen molar-refractivity contribution in [2.75, 3.05) is 12.0 Å². The van der Waals surface area contributed by atoms with Crippen molar-refractivity contribution in [1.82, 2.24) is 4.98 Å². The third-order valence-electron chi connectivity index (χ3n) is 4.55. The number of nitrogens with zero attached hydrogens (tertiary/aromatic N) is 2. The third kappa shape index (κ3) is 3.39. The summed E-state index contributed by atoms with van der Waals surface area (Å²) in [6, 6.07) is 15.1. The van der Waals surface area contributed by atoms with Crippen molar-refractivity contribution in [2.45, 2.75) is 20.4 Å². The smallest absolute Gasteiger partial charge is 0.260 e. The highest BCUT2D eigenvalue weighted by atomic mass is 32.1. The van der Waals surface area contributed by atoms with Crippen LogP contribution in [0.1, 0.15) is 27.2 Å². The zero-order chi connectivity index (χ0) is 19.7. The number of anilines is 1. The average Bonchev–Trinajstić information content (AvgIpc) is 3.36. The standard InChI is InChI=1S/C22H20N2O3S/c1-14-6-4-7-16(12-14)21(25)24(13-17-8-5-11-27-17)22-23-19-18(26-3)10-9-15(2)20(19)28-22/h4-12H,13H2,1-3H3. The molecule has 2 aromatic heterocycles. The van der Waals surface area contributed by atoms with E-state index in [0.717, 1.165) is 21.3 Å². The Hall–Kier alpha value is -3.12. The number of hydrogen-bond donors (Lipinski definition) is 0. The van der Waals surface area contributed by atoms with E-state index in [1.165, 1.54) is 11.3 Å². The van der Waals surface area contributed by atoms with E-state index in [1.807, 2.05) is 62.4 Å². The molecule has 0 bridgehead atoms. The molecule has 2 heterocycles. The highest BCUT2D eigenvalue weighted by Gasteiger charge is 2.24. The fourth-order valence-electron chi connectivity index (χ4n) is 3.10. The summed E-state index contributed by atoms with van der Waals surface area (Å²) >= 11 is 1.48. The van der Waals surface area contributed by atoms with Gasteiger partial charge in [-0.05, 0) is 49.7 Å². The van der Waals surface area contributed by atoms with Crippen LogP contribution in [0.15, 0.2) is 59.2 Å². The maximum absolute atomic E-state index is 13.4. The van der Waals surface area contributed by atoms with E-state index in [2.05, 4.69) is 0 Å². The number of rotatable bonds is 5. The van der Waals surface area contributed by atoms with Gasteiger partial charge in [0.1, 0.15) is 17.0 Å². The Morgan fingerprint density at radius 2 is 2.04 bits per heavy atom. The second-order valence-electron chi connectivity index (χ2n) is 6.60. The molecule has 2 aromatic carbocycles. The molecule has 142 valence electrons. The Morgan fingerprint density at radius 3 is 2.75 bits per heavy atom. The summed E-state index contributed by atoms with van der Waals surface area (Å²) in [5.74, 6) is 1.28. The Balaban J connectivity index is 1.82. The molecule has 6 heteroatoms. The molecule has 4 rings (SSSR count). The molecule has 0 saturated heterocycles. The zero-order valence-corrected chi connectivity index (χ0v) is 16.7. The molecule has 0 spiro atoms. The lowest BCUT2D eigenvalue weighted by atomic mass is 10.1. The van der Waals surface area contributed by atoms with Gasteiger partial charge in [-0.15, -0.1) is 0 Å². The van der Waals surface area contributed by atoms with Gasteiger partial charge in [0.25, 0.3) is 5.91 Å². The number of furan rings is 1. The predicted molar refractivity (Wildman–Crippen MR) is 111 cm³/mol. The highest BCUT2D eigenvalue weighted by Crippen LogP contribution is 2.37. The van der Waals surface area contributed by atoms with E-state index in [0.29, 0.717) is 28.7 Å². The van der Waals surface area contributed by atoms with Gasteiger partial charge in [0, 0.05) is 5.56 Å². The number of benzene rings is 2. The topological polar surface area (TPSA) is 55.6 Å². The minimum atomic E-state index is -0.115. The lowest BCUT2D eigenvalue weighted by Gasteiger charge is -2.19. The van der Waals surface area contributed by atoms with Crippen molar-refractivity contribution in [2.24, 2.45) is 0 Å². The molecule has 0 unspecified atom stereocenters. The molecule has 0 fully saturated rings.